The van der Waals surface area contributed by atoms with E-state index < -0.39 is 0 Å². The van der Waals surface area contributed by atoms with E-state index in [1.165, 1.54) is 16.7 Å². The molecule has 3 heterocycles. The Morgan fingerprint density at radius 3 is 2.19 bits per heavy atom. The van der Waals surface area contributed by atoms with Gasteiger partial charge in [-0.2, -0.15) is 0 Å². The Morgan fingerprint density at radius 2 is 1.56 bits per heavy atom. The molecule has 1 aliphatic heterocycles. The lowest BCUT2D eigenvalue weighted by molar-refractivity contribution is -0.127. The fourth-order valence-corrected chi connectivity index (χ4v) is 6.57. The maximum Gasteiger partial charge on any atom is 0.246 e. The number of nitrogens with zero attached hydrogens (tertiary/aromatic N) is 4. The number of thiazole rings is 1. The van der Waals surface area contributed by atoms with Gasteiger partial charge in [0.15, 0.2) is 0 Å². The molecule has 0 unspecified atom stereocenters. The summed E-state index contributed by atoms with van der Waals surface area (Å²) in [6, 6.07) is 24.9. The van der Waals surface area contributed by atoms with Gasteiger partial charge in [-0.15, -0.1) is 23.7 Å². The zero-order valence-electron chi connectivity index (χ0n) is 30.3. The van der Waals surface area contributed by atoms with Crippen molar-refractivity contribution < 1.29 is 19.0 Å². The van der Waals surface area contributed by atoms with Gasteiger partial charge < -0.3 is 19.1 Å². The number of pyridine rings is 1. The SMILES string of the molecule is Cc1cc(C=CC(=O)N2CCN(Cc3ccc(CCOc4ccc(C(C)C)cc4)cc3)CC2)cc(C)c1Oc1ccc(OCc2cscn2)cn1.Cl. The molecule has 0 spiro atoms. The second-order valence-corrected chi connectivity index (χ2v) is 14.0. The third-order valence-corrected chi connectivity index (χ3v) is 9.64. The third-order valence-electron chi connectivity index (χ3n) is 9.01. The Bertz CT molecular complexity index is 1870. The Morgan fingerprint density at radius 1 is 0.865 bits per heavy atom. The molecule has 0 N–H and O–H groups in total. The highest BCUT2D eigenvalue weighted by Gasteiger charge is 2.20. The van der Waals surface area contributed by atoms with Crippen LogP contribution in [0.1, 0.15) is 58.8 Å². The number of amides is 1. The summed E-state index contributed by atoms with van der Waals surface area (Å²) >= 11 is 1.54. The van der Waals surface area contributed by atoms with E-state index in [0.717, 1.165) is 59.9 Å². The van der Waals surface area contributed by atoms with Crippen LogP contribution >= 0.6 is 23.7 Å². The summed E-state index contributed by atoms with van der Waals surface area (Å²) in [5.74, 6) is 3.37. The van der Waals surface area contributed by atoms with E-state index in [1.54, 1.807) is 35.2 Å². The van der Waals surface area contributed by atoms with Gasteiger partial charge in [0.05, 0.1) is 24.0 Å². The minimum Gasteiger partial charge on any atom is -0.493 e. The molecule has 1 saturated heterocycles. The second kappa shape index (κ2) is 18.7. The first-order chi connectivity index (χ1) is 24.8. The highest BCUT2D eigenvalue weighted by Crippen LogP contribution is 2.30. The highest BCUT2D eigenvalue weighted by atomic mass is 35.5. The molecular formula is C42H47ClN4O4S. The number of benzene rings is 3. The van der Waals surface area contributed by atoms with Gasteiger partial charge in [0, 0.05) is 56.7 Å². The van der Waals surface area contributed by atoms with Gasteiger partial charge in [-0.25, -0.2) is 9.97 Å². The first-order valence-corrected chi connectivity index (χ1v) is 18.5. The van der Waals surface area contributed by atoms with E-state index >= 15 is 0 Å². The topological polar surface area (TPSA) is 77.0 Å². The van der Waals surface area contributed by atoms with Crippen molar-refractivity contribution in [3.05, 3.63) is 135 Å². The first-order valence-electron chi connectivity index (χ1n) is 17.5. The monoisotopic (exact) mass is 738 g/mol. The van der Waals surface area contributed by atoms with Crippen molar-refractivity contribution in [1.82, 2.24) is 19.8 Å². The van der Waals surface area contributed by atoms with E-state index in [0.29, 0.717) is 43.9 Å². The van der Waals surface area contributed by atoms with Crippen molar-refractivity contribution in [2.75, 3.05) is 32.8 Å². The molecule has 0 radical (unpaired) electrons. The Kier molecular flexibility index (Phi) is 13.8. The molecule has 0 atom stereocenters. The number of ether oxygens (including phenoxy) is 3. The van der Waals surface area contributed by atoms with Gasteiger partial charge in [0.2, 0.25) is 11.8 Å². The number of aromatic nitrogens is 2. The number of carbonyl (C=O) groups is 1. The first kappa shape index (κ1) is 38.5. The molecule has 1 amide bonds. The molecule has 52 heavy (non-hydrogen) atoms. The number of hydrogen-bond acceptors (Lipinski definition) is 8. The summed E-state index contributed by atoms with van der Waals surface area (Å²) in [6.45, 7) is 13.5. The zero-order valence-corrected chi connectivity index (χ0v) is 31.9. The average Bonchev–Trinajstić information content (AvgIpc) is 3.67. The normalized spacial score (nSPS) is 13.3. The van der Waals surface area contributed by atoms with Gasteiger partial charge >= 0.3 is 0 Å². The lowest BCUT2D eigenvalue weighted by atomic mass is 10.0. The summed E-state index contributed by atoms with van der Waals surface area (Å²) in [5.41, 5.74) is 9.44. The van der Waals surface area contributed by atoms with Crippen molar-refractivity contribution >= 4 is 35.7 Å². The van der Waals surface area contributed by atoms with Crippen molar-refractivity contribution in [3.8, 4) is 23.1 Å². The van der Waals surface area contributed by atoms with Crippen LogP contribution in [0.5, 0.6) is 23.1 Å². The predicted molar refractivity (Wildman–Crippen MR) is 211 cm³/mol. The average molecular weight is 739 g/mol. The van der Waals surface area contributed by atoms with Gasteiger partial charge in [-0.3, -0.25) is 9.69 Å². The number of rotatable bonds is 14. The maximum absolute atomic E-state index is 13.1. The van der Waals surface area contributed by atoms with E-state index in [1.807, 2.05) is 48.4 Å². The van der Waals surface area contributed by atoms with Crippen LogP contribution in [0.2, 0.25) is 0 Å². The van der Waals surface area contributed by atoms with Crippen LogP contribution in [0.3, 0.4) is 0 Å². The van der Waals surface area contributed by atoms with Crippen LogP contribution in [0, 0.1) is 13.8 Å². The van der Waals surface area contributed by atoms with Crippen LogP contribution in [-0.4, -0.2) is 58.5 Å². The van der Waals surface area contributed by atoms with Crippen LogP contribution < -0.4 is 14.2 Å². The molecule has 3 aromatic carbocycles. The smallest absolute Gasteiger partial charge is 0.246 e. The Balaban J connectivity index is 0.00000523. The molecule has 1 aliphatic rings. The van der Waals surface area contributed by atoms with Gasteiger partial charge in [0.25, 0.3) is 0 Å². The molecule has 0 aliphatic carbocycles. The van der Waals surface area contributed by atoms with E-state index in [4.69, 9.17) is 14.2 Å². The lowest BCUT2D eigenvalue weighted by Crippen LogP contribution is -2.47. The summed E-state index contributed by atoms with van der Waals surface area (Å²) < 4.78 is 17.8. The van der Waals surface area contributed by atoms with Gasteiger partial charge in [0.1, 0.15) is 23.9 Å². The summed E-state index contributed by atoms with van der Waals surface area (Å²) in [4.78, 5) is 26.1. The van der Waals surface area contributed by atoms with Gasteiger partial charge in [-0.05, 0) is 89.6 Å². The number of carbonyl (C=O) groups excluding carboxylic acids is 1. The van der Waals surface area contributed by atoms with Crippen LogP contribution in [0.25, 0.3) is 6.08 Å². The van der Waals surface area contributed by atoms with Gasteiger partial charge in [-0.1, -0.05) is 50.2 Å². The van der Waals surface area contributed by atoms with Crippen LogP contribution in [0.15, 0.2) is 96.0 Å². The van der Waals surface area contributed by atoms with Crippen molar-refractivity contribution in [2.45, 2.75) is 53.2 Å². The largest absolute Gasteiger partial charge is 0.493 e. The third kappa shape index (κ3) is 10.9. The second-order valence-electron chi connectivity index (χ2n) is 13.3. The summed E-state index contributed by atoms with van der Waals surface area (Å²) in [6.07, 6.45) is 6.09. The number of aryl methyl sites for hydroxylation is 2. The van der Waals surface area contributed by atoms with Crippen molar-refractivity contribution in [2.24, 2.45) is 0 Å². The molecule has 2 aromatic heterocycles. The van der Waals surface area contributed by atoms with Crippen molar-refractivity contribution in [3.63, 3.8) is 0 Å². The summed E-state index contributed by atoms with van der Waals surface area (Å²) in [5, 5.41) is 1.96. The minimum atomic E-state index is 0. The van der Waals surface area contributed by atoms with E-state index in [2.05, 4.69) is 77.2 Å². The summed E-state index contributed by atoms with van der Waals surface area (Å²) in [7, 11) is 0. The molecule has 0 bridgehead atoms. The highest BCUT2D eigenvalue weighted by molar-refractivity contribution is 7.07. The number of halogens is 1. The molecule has 1 fully saturated rings. The standard InChI is InChI=1S/C42H46N4O4S.ClH/c1-30(2)36-10-12-38(13-11-36)48-22-17-33-5-7-34(8-6-33)26-45-18-20-46(21-19-45)41(47)16-9-35-23-31(3)42(32(4)24-35)50-40-15-14-39(25-43-40)49-27-37-28-51-29-44-37;/h5-16,23-25,28-30H,17-22,26-27H2,1-4H3;1H. The molecule has 6 rings (SSSR count). The fraction of sp³-hybridized carbons (Fsp3) is 0.310. The van der Waals surface area contributed by atoms with E-state index in [-0.39, 0.29) is 18.3 Å². The van der Waals surface area contributed by atoms with Crippen LogP contribution in [0.4, 0.5) is 0 Å². The maximum atomic E-state index is 13.1. The molecule has 10 heteroatoms. The number of hydrogen-bond donors (Lipinski definition) is 0. The Hall–Kier alpha value is -4.70. The molecular weight excluding hydrogens is 692 g/mol. The van der Waals surface area contributed by atoms with Crippen LogP contribution in [-0.2, 0) is 24.4 Å². The molecule has 0 saturated carbocycles. The lowest BCUT2D eigenvalue weighted by Gasteiger charge is -2.34. The Labute approximate surface area is 317 Å². The van der Waals surface area contributed by atoms with Crippen molar-refractivity contribution in [1.29, 1.82) is 0 Å². The van der Waals surface area contributed by atoms with E-state index in [9.17, 15) is 4.79 Å². The predicted octanol–water partition coefficient (Wildman–Crippen LogP) is 9.05. The zero-order chi connectivity index (χ0) is 35.6. The molecule has 272 valence electrons. The molecule has 8 nitrogen and oxygen atoms in total. The molecule has 5 aromatic rings. The number of piperazine rings is 1. The fourth-order valence-electron chi connectivity index (χ4n) is 6.03. The quantitative estimate of drug-likeness (QED) is 0.105. The minimum absolute atomic E-state index is 0.